The third-order valence-electron chi connectivity index (χ3n) is 4.70. The van der Waals surface area contributed by atoms with E-state index in [4.69, 9.17) is 11.6 Å². The molecule has 0 bridgehead atoms. The number of nitrogens with zero attached hydrogens (tertiary/aromatic N) is 3. The number of hydrogen-bond donors (Lipinski definition) is 0. The van der Waals surface area contributed by atoms with Crippen molar-refractivity contribution in [2.45, 2.75) is 12.8 Å². The molecule has 4 nitrogen and oxygen atoms in total. The molecular formula is C20H20ClN3OS. The highest BCUT2D eigenvalue weighted by Gasteiger charge is 2.21. The molecule has 4 rings (SSSR count). The number of anilines is 1. The van der Waals surface area contributed by atoms with Crippen molar-refractivity contribution in [1.82, 2.24) is 9.88 Å². The first kappa shape index (κ1) is 17.3. The molecule has 1 amide bonds. The molecule has 0 N–H and O–H groups in total. The molecule has 0 unspecified atom stereocenters. The van der Waals surface area contributed by atoms with Gasteiger partial charge in [-0.2, -0.15) is 0 Å². The van der Waals surface area contributed by atoms with Crippen molar-refractivity contribution in [3.05, 3.63) is 58.6 Å². The number of hydrogen-bond acceptors (Lipinski definition) is 4. The van der Waals surface area contributed by atoms with E-state index in [1.165, 1.54) is 4.70 Å². The van der Waals surface area contributed by atoms with Gasteiger partial charge < -0.3 is 9.80 Å². The lowest BCUT2D eigenvalue weighted by Crippen LogP contribution is -2.48. The van der Waals surface area contributed by atoms with Crippen LogP contribution in [0.15, 0.2) is 48.5 Å². The maximum Gasteiger partial charge on any atom is 0.223 e. The van der Waals surface area contributed by atoms with Crippen LogP contribution in [-0.2, 0) is 11.2 Å². The molecular weight excluding hydrogens is 366 g/mol. The van der Waals surface area contributed by atoms with Crippen LogP contribution in [0.25, 0.3) is 10.2 Å². The zero-order chi connectivity index (χ0) is 17.9. The second kappa shape index (κ2) is 7.64. The third-order valence-corrected chi connectivity index (χ3v) is 6.03. The largest absolute Gasteiger partial charge is 0.368 e. The van der Waals surface area contributed by atoms with Crippen molar-refractivity contribution >= 4 is 44.7 Å². The van der Waals surface area contributed by atoms with E-state index in [-0.39, 0.29) is 5.91 Å². The maximum absolute atomic E-state index is 12.5. The monoisotopic (exact) mass is 385 g/mol. The highest BCUT2D eigenvalue weighted by Crippen LogP contribution is 2.23. The fraction of sp³-hybridized carbons (Fsp3) is 0.300. The number of fused-ring (bicyclic) bond motifs is 1. The fourth-order valence-corrected chi connectivity index (χ4v) is 4.44. The average molecular weight is 386 g/mol. The van der Waals surface area contributed by atoms with Gasteiger partial charge >= 0.3 is 0 Å². The summed E-state index contributed by atoms with van der Waals surface area (Å²) < 4.78 is 1.19. The fourth-order valence-electron chi connectivity index (χ4n) is 3.29. The van der Waals surface area contributed by atoms with Crippen molar-refractivity contribution in [3.63, 3.8) is 0 Å². The van der Waals surface area contributed by atoms with Gasteiger partial charge in [-0.15, -0.1) is 11.3 Å². The van der Waals surface area contributed by atoms with Gasteiger partial charge in [-0.1, -0.05) is 29.8 Å². The summed E-state index contributed by atoms with van der Waals surface area (Å²) in [6.45, 7) is 3.19. The normalized spacial score (nSPS) is 14.8. The van der Waals surface area contributed by atoms with Crippen molar-refractivity contribution in [2.75, 3.05) is 31.1 Å². The first-order chi connectivity index (χ1) is 12.7. The maximum atomic E-state index is 12.5. The summed E-state index contributed by atoms with van der Waals surface area (Å²) in [7, 11) is 0. The molecule has 0 spiro atoms. The molecule has 2 heterocycles. The number of rotatable bonds is 4. The van der Waals surface area contributed by atoms with Crippen LogP contribution in [0.1, 0.15) is 11.4 Å². The molecule has 26 heavy (non-hydrogen) atoms. The quantitative estimate of drug-likeness (QED) is 0.674. The number of para-hydroxylation sites is 1. The molecule has 0 saturated carbocycles. The summed E-state index contributed by atoms with van der Waals surface area (Å²) in [4.78, 5) is 21.4. The Kier molecular flexibility index (Phi) is 5.09. The Bertz CT molecular complexity index is 885. The van der Waals surface area contributed by atoms with E-state index >= 15 is 0 Å². The minimum atomic E-state index is 0.218. The molecule has 6 heteroatoms. The second-order valence-electron chi connectivity index (χ2n) is 6.42. The molecule has 2 aromatic carbocycles. The summed E-state index contributed by atoms with van der Waals surface area (Å²) in [6, 6.07) is 16.0. The number of carbonyl (C=O) groups excluding carboxylic acids is 1. The van der Waals surface area contributed by atoms with Crippen molar-refractivity contribution in [1.29, 1.82) is 0 Å². The van der Waals surface area contributed by atoms with Crippen molar-refractivity contribution in [2.24, 2.45) is 0 Å². The highest BCUT2D eigenvalue weighted by atomic mass is 35.5. The Labute approximate surface area is 162 Å². The van der Waals surface area contributed by atoms with Crippen LogP contribution in [0, 0.1) is 0 Å². The van der Waals surface area contributed by atoms with Gasteiger partial charge in [0.2, 0.25) is 5.91 Å². The molecule has 1 saturated heterocycles. The van der Waals surface area contributed by atoms with Crippen molar-refractivity contribution < 1.29 is 4.79 Å². The van der Waals surface area contributed by atoms with Gasteiger partial charge in [-0.25, -0.2) is 4.98 Å². The zero-order valence-electron chi connectivity index (χ0n) is 14.4. The minimum absolute atomic E-state index is 0.218. The third kappa shape index (κ3) is 3.84. The van der Waals surface area contributed by atoms with Gasteiger partial charge in [-0.05, 0) is 30.3 Å². The second-order valence-corrected chi connectivity index (χ2v) is 7.97. The van der Waals surface area contributed by atoms with Crippen LogP contribution < -0.4 is 4.90 Å². The lowest BCUT2D eigenvalue weighted by molar-refractivity contribution is -0.131. The van der Waals surface area contributed by atoms with Crippen LogP contribution in [0.5, 0.6) is 0 Å². The van der Waals surface area contributed by atoms with Gasteiger partial charge in [0.15, 0.2) is 0 Å². The Morgan fingerprint density at radius 3 is 2.65 bits per heavy atom. The predicted molar refractivity (Wildman–Crippen MR) is 108 cm³/mol. The zero-order valence-corrected chi connectivity index (χ0v) is 16.0. The van der Waals surface area contributed by atoms with Gasteiger partial charge in [0, 0.05) is 49.7 Å². The van der Waals surface area contributed by atoms with E-state index in [9.17, 15) is 4.79 Å². The van der Waals surface area contributed by atoms with E-state index in [1.807, 2.05) is 41.3 Å². The first-order valence-corrected chi connectivity index (χ1v) is 10.0. The number of thiazole rings is 1. The molecule has 0 aliphatic carbocycles. The molecule has 3 aromatic rings. The number of aromatic nitrogens is 1. The lowest BCUT2D eigenvalue weighted by Gasteiger charge is -2.36. The molecule has 134 valence electrons. The number of piperazine rings is 1. The van der Waals surface area contributed by atoms with Crippen molar-refractivity contribution in [3.8, 4) is 0 Å². The topological polar surface area (TPSA) is 36.4 Å². The summed E-state index contributed by atoms with van der Waals surface area (Å²) >= 11 is 7.76. The number of aryl methyl sites for hydroxylation is 1. The van der Waals surface area contributed by atoms with E-state index < -0.39 is 0 Å². The Morgan fingerprint density at radius 2 is 1.88 bits per heavy atom. The number of halogens is 1. The number of carbonyl (C=O) groups is 1. The Hall–Kier alpha value is -2.11. The molecule has 1 aromatic heterocycles. The highest BCUT2D eigenvalue weighted by molar-refractivity contribution is 7.18. The smallest absolute Gasteiger partial charge is 0.223 e. The van der Waals surface area contributed by atoms with E-state index in [2.05, 4.69) is 22.0 Å². The number of benzene rings is 2. The van der Waals surface area contributed by atoms with Gasteiger partial charge in [-0.3, -0.25) is 4.79 Å². The molecule has 1 fully saturated rings. The Balaban J connectivity index is 1.30. The molecule has 0 radical (unpaired) electrons. The average Bonchev–Trinajstić information content (AvgIpc) is 3.09. The van der Waals surface area contributed by atoms with E-state index in [1.54, 1.807) is 11.3 Å². The van der Waals surface area contributed by atoms with Crippen LogP contribution in [-0.4, -0.2) is 42.0 Å². The SMILES string of the molecule is O=C(CCc1nc2ccccc2s1)N1CCN(c2cccc(Cl)c2)CC1. The van der Waals surface area contributed by atoms with Crippen LogP contribution in [0.4, 0.5) is 5.69 Å². The van der Waals surface area contributed by atoms with E-state index in [0.29, 0.717) is 12.8 Å². The first-order valence-electron chi connectivity index (χ1n) is 8.82. The Morgan fingerprint density at radius 1 is 1.08 bits per heavy atom. The minimum Gasteiger partial charge on any atom is -0.368 e. The van der Waals surface area contributed by atoms with Crippen LogP contribution in [0.2, 0.25) is 5.02 Å². The van der Waals surface area contributed by atoms with E-state index in [0.717, 1.165) is 47.4 Å². The standard InChI is InChI=1S/C20H20ClN3OS/c21-15-4-3-5-16(14-15)23-10-12-24(13-11-23)20(25)9-8-19-22-17-6-1-2-7-18(17)26-19/h1-7,14H,8-13H2. The van der Waals surface area contributed by atoms with Gasteiger partial charge in [0.1, 0.15) is 0 Å². The molecule has 0 atom stereocenters. The van der Waals surface area contributed by atoms with Crippen LogP contribution >= 0.6 is 22.9 Å². The van der Waals surface area contributed by atoms with Crippen LogP contribution in [0.3, 0.4) is 0 Å². The summed E-state index contributed by atoms with van der Waals surface area (Å²) in [6.07, 6.45) is 1.24. The van der Waals surface area contributed by atoms with Gasteiger partial charge in [0.25, 0.3) is 0 Å². The van der Waals surface area contributed by atoms with Gasteiger partial charge in [0.05, 0.1) is 15.2 Å². The lowest BCUT2D eigenvalue weighted by atomic mass is 10.2. The molecule has 1 aliphatic rings. The molecule has 1 aliphatic heterocycles. The summed E-state index contributed by atoms with van der Waals surface area (Å²) in [5.41, 5.74) is 2.15. The number of amides is 1. The summed E-state index contributed by atoms with van der Waals surface area (Å²) in [5.74, 6) is 0.218. The summed E-state index contributed by atoms with van der Waals surface area (Å²) in [5, 5.41) is 1.79. The predicted octanol–water partition coefficient (Wildman–Crippen LogP) is 4.23.